The van der Waals surface area contributed by atoms with E-state index in [0.717, 1.165) is 5.56 Å². The number of hydrogen-bond donors (Lipinski definition) is 1. The van der Waals surface area contributed by atoms with Crippen molar-refractivity contribution in [3.8, 4) is 0 Å². The van der Waals surface area contributed by atoms with Gasteiger partial charge in [-0.05, 0) is 50.2 Å². The Hall–Kier alpha value is -2.57. The summed E-state index contributed by atoms with van der Waals surface area (Å²) in [5.74, 6) is -0.406. The molecule has 29 heavy (non-hydrogen) atoms. The van der Waals surface area contributed by atoms with Crippen molar-refractivity contribution < 1.29 is 19.4 Å². The smallest absolute Gasteiger partial charge is 0.407 e. The Morgan fingerprint density at radius 2 is 1.79 bits per heavy atom. The molecule has 2 aromatic rings. The summed E-state index contributed by atoms with van der Waals surface area (Å²) in [4.78, 5) is 27.8. The van der Waals surface area contributed by atoms with Crippen molar-refractivity contribution in [1.82, 2.24) is 9.80 Å². The van der Waals surface area contributed by atoms with Crippen LogP contribution in [0.15, 0.2) is 54.6 Å². The molecule has 1 unspecified atom stereocenters. The Kier molecular flexibility index (Phi) is 6.77. The molecule has 0 aliphatic carbocycles. The van der Waals surface area contributed by atoms with E-state index in [9.17, 15) is 14.7 Å². The Bertz CT molecular complexity index is 844. The van der Waals surface area contributed by atoms with E-state index >= 15 is 0 Å². The third-order valence-electron chi connectivity index (χ3n) is 5.36. The van der Waals surface area contributed by atoms with Crippen LogP contribution >= 0.6 is 11.6 Å². The fourth-order valence-corrected chi connectivity index (χ4v) is 3.88. The van der Waals surface area contributed by atoms with Gasteiger partial charge >= 0.3 is 12.1 Å². The van der Waals surface area contributed by atoms with Gasteiger partial charge in [-0.15, -0.1) is 0 Å². The highest BCUT2D eigenvalue weighted by Crippen LogP contribution is 2.22. The first-order chi connectivity index (χ1) is 13.8. The second-order valence-corrected chi connectivity index (χ2v) is 7.84. The summed E-state index contributed by atoms with van der Waals surface area (Å²) in [5, 5.41) is 10.4. The maximum atomic E-state index is 12.4. The van der Waals surface area contributed by atoms with Crippen molar-refractivity contribution in [3.63, 3.8) is 0 Å². The molecular weight excluding hydrogens is 392 g/mol. The average molecular weight is 417 g/mol. The Balaban J connectivity index is 1.68. The van der Waals surface area contributed by atoms with E-state index in [-0.39, 0.29) is 18.6 Å². The van der Waals surface area contributed by atoms with Gasteiger partial charge in [0.2, 0.25) is 0 Å². The van der Waals surface area contributed by atoms with Gasteiger partial charge in [0.1, 0.15) is 6.10 Å². The molecule has 1 saturated heterocycles. The van der Waals surface area contributed by atoms with Crippen LogP contribution in [0.4, 0.5) is 4.79 Å². The molecule has 0 saturated carbocycles. The molecule has 0 spiro atoms. The first kappa shape index (κ1) is 21.1. The molecule has 1 N–H and O–H groups in total. The predicted octanol–water partition coefficient (Wildman–Crippen LogP) is 3.79. The molecule has 6 nitrogen and oxygen atoms in total. The van der Waals surface area contributed by atoms with Gasteiger partial charge in [0.15, 0.2) is 0 Å². The molecule has 3 rings (SSSR count). The van der Waals surface area contributed by atoms with Gasteiger partial charge in [0, 0.05) is 18.1 Å². The van der Waals surface area contributed by atoms with E-state index in [1.54, 1.807) is 24.3 Å². The Morgan fingerprint density at radius 1 is 1.14 bits per heavy atom. The van der Waals surface area contributed by atoms with Gasteiger partial charge in [-0.3, -0.25) is 4.90 Å². The number of nitrogens with zero attached hydrogens (tertiary/aromatic N) is 2. The van der Waals surface area contributed by atoms with E-state index < -0.39 is 18.2 Å². The summed E-state index contributed by atoms with van der Waals surface area (Å²) in [6, 6.07) is 15.8. The van der Waals surface area contributed by atoms with Gasteiger partial charge in [0.05, 0.1) is 17.6 Å². The summed E-state index contributed by atoms with van der Waals surface area (Å²) in [5.41, 5.74) is 1.51. The molecule has 0 radical (unpaired) electrons. The first-order valence-corrected chi connectivity index (χ1v) is 9.93. The number of carbonyl (C=O) groups excluding carboxylic acids is 1. The summed E-state index contributed by atoms with van der Waals surface area (Å²) >= 11 is 5.94. The van der Waals surface area contributed by atoms with Crippen molar-refractivity contribution in [2.24, 2.45) is 0 Å². The second-order valence-electron chi connectivity index (χ2n) is 7.40. The maximum absolute atomic E-state index is 12.4. The predicted molar refractivity (Wildman–Crippen MR) is 111 cm³/mol. The fourth-order valence-electron chi connectivity index (χ4n) is 3.75. The number of rotatable bonds is 5. The molecule has 1 fully saturated rings. The minimum Gasteiger partial charge on any atom is -0.465 e. The van der Waals surface area contributed by atoms with Crippen LogP contribution < -0.4 is 0 Å². The van der Waals surface area contributed by atoms with Crippen molar-refractivity contribution >= 4 is 23.7 Å². The van der Waals surface area contributed by atoms with Gasteiger partial charge in [-0.1, -0.05) is 41.9 Å². The number of amides is 1. The van der Waals surface area contributed by atoms with Crippen LogP contribution in [0.25, 0.3) is 0 Å². The third kappa shape index (κ3) is 5.28. The van der Waals surface area contributed by atoms with E-state index in [4.69, 9.17) is 16.3 Å². The normalized spacial score (nSPS) is 20.9. The lowest BCUT2D eigenvalue weighted by atomic mass is 9.98. The zero-order valence-corrected chi connectivity index (χ0v) is 17.2. The molecule has 0 bridgehead atoms. The zero-order valence-electron chi connectivity index (χ0n) is 16.5. The van der Waals surface area contributed by atoms with Crippen LogP contribution in [0.1, 0.15) is 22.8 Å². The SMILES string of the molecule is CC(OC(=O)c1ccccc1)[C@H]1CN(C(=O)O)[C@@H](Cc2ccc(Cl)cc2)CN1C. The van der Waals surface area contributed by atoms with Gasteiger partial charge in [-0.25, -0.2) is 9.59 Å². The monoisotopic (exact) mass is 416 g/mol. The van der Waals surface area contributed by atoms with Crippen LogP contribution in [0.5, 0.6) is 0 Å². The number of hydrogen-bond acceptors (Lipinski definition) is 4. The van der Waals surface area contributed by atoms with E-state index in [2.05, 4.69) is 4.90 Å². The van der Waals surface area contributed by atoms with Crippen LogP contribution in [0, 0.1) is 0 Å². The number of esters is 1. The third-order valence-corrected chi connectivity index (χ3v) is 5.62. The number of benzene rings is 2. The quantitative estimate of drug-likeness (QED) is 0.751. The number of likely N-dealkylation sites (N-methyl/N-ethyl adjacent to an activating group) is 1. The van der Waals surface area contributed by atoms with Crippen molar-refractivity contribution in [3.05, 3.63) is 70.7 Å². The summed E-state index contributed by atoms with van der Waals surface area (Å²) in [7, 11) is 1.94. The van der Waals surface area contributed by atoms with Crippen molar-refractivity contribution in [1.29, 1.82) is 0 Å². The molecule has 1 amide bonds. The van der Waals surface area contributed by atoms with Crippen LogP contribution in [-0.2, 0) is 11.2 Å². The van der Waals surface area contributed by atoms with E-state index in [1.807, 2.05) is 44.3 Å². The Labute approximate surface area is 175 Å². The number of carbonyl (C=O) groups is 2. The summed E-state index contributed by atoms with van der Waals surface area (Å²) in [6.07, 6.45) is -0.826. The number of piperazine rings is 1. The largest absolute Gasteiger partial charge is 0.465 e. The summed E-state index contributed by atoms with van der Waals surface area (Å²) in [6.45, 7) is 2.63. The summed E-state index contributed by atoms with van der Waals surface area (Å²) < 4.78 is 5.63. The standard InChI is InChI=1S/C22H25ClN2O4/c1-15(29-21(26)17-6-4-3-5-7-17)20-14-25(22(27)28)19(13-24(20)2)12-16-8-10-18(23)11-9-16/h3-11,15,19-20H,12-14H2,1-2H3,(H,27,28)/t15?,19-,20+/m0/s1. The molecule has 3 atom stereocenters. The average Bonchev–Trinajstić information content (AvgIpc) is 2.70. The molecule has 1 aliphatic rings. The van der Waals surface area contributed by atoms with Gasteiger partial charge < -0.3 is 14.7 Å². The number of halogens is 1. The second kappa shape index (κ2) is 9.29. The molecule has 1 heterocycles. The number of ether oxygens (including phenoxy) is 1. The highest BCUT2D eigenvalue weighted by atomic mass is 35.5. The lowest BCUT2D eigenvalue weighted by molar-refractivity contribution is -0.0249. The highest BCUT2D eigenvalue weighted by molar-refractivity contribution is 6.30. The molecule has 0 aromatic heterocycles. The fraction of sp³-hybridized carbons (Fsp3) is 0.364. The molecular formula is C22H25ClN2O4. The maximum Gasteiger partial charge on any atom is 0.407 e. The van der Waals surface area contributed by atoms with E-state index in [1.165, 1.54) is 4.90 Å². The van der Waals surface area contributed by atoms with Gasteiger partial charge in [0.25, 0.3) is 0 Å². The highest BCUT2D eigenvalue weighted by Gasteiger charge is 2.38. The number of carboxylic acid groups (broad SMARTS) is 1. The lowest BCUT2D eigenvalue weighted by Gasteiger charge is -2.45. The molecule has 1 aliphatic heterocycles. The first-order valence-electron chi connectivity index (χ1n) is 9.55. The van der Waals surface area contributed by atoms with Crippen LogP contribution in [0.3, 0.4) is 0 Å². The van der Waals surface area contributed by atoms with E-state index in [0.29, 0.717) is 23.6 Å². The molecule has 7 heteroatoms. The lowest BCUT2D eigenvalue weighted by Crippen LogP contribution is -2.62. The molecule has 2 aromatic carbocycles. The minimum atomic E-state index is -0.969. The topological polar surface area (TPSA) is 70.1 Å². The minimum absolute atomic E-state index is 0.188. The molecule has 154 valence electrons. The van der Waals surface area contributed by atoms with Crippen molar-refractivity contribution in [2.45, 2.75) is 31.5 Å². The Morgan fingerprint density at radius 3 is 2.41 bits per heavy atom. The van der Waals surface area contributed by atoms with Crippen molar-refractivity contribution in [2.75, 3.05) is 20.1 Å². The zero-order chi connectivity index (χ0) is 21.0. The van der Waals surface area contributed by atoms with Crippen LogP contribution in [0.2, 0.25) is 5.02 Å². The van der Waals surface area contributed by atoms with Crippen LogP contribution in [-0.4, -0.2) is 65.3 Å². The van der Waals surface area contributed by atoms with Gasteiger partial charge in [-0.2, -0.15) is 0 Å².